The molecule has 3 rings (SSSR count). The van der Waals surface area contributed by atoms with E-state index in [1.807, 2.05) is 23.1 Å². The summed E-state index contributed by atoms with van der Waals surface area (Å²) in [5, 5.41) is 2.83. The molecule has 2 fully saturated rings. The minimum Gasteiger partial charge on any atom is -0.383 e. The van der Waals surface area contributed by atoms with Crippen LogP contribution in [0.2, 0.25) is 0 Å². The fourth-order valence-electron chi connectivity index (χ4n) is 3.35. The van der Waals surface area contributed by atoms with E-state index in [2.05, 4.69) is 22.3 Å². The minimum absolute atomic E-state index is 0.00165. The number of carbonyl (C=O) groups excluding carboxylic acids is 2. The van der Waals surface area contributed by atoms with Crippen LogP contribution >= 0.6 is 0 Å². The first-order valence-electron chi connectivity index (χ1n) is 8.98. The largest absolute Gasteiger partial charge is 0.383 e. The molecule has 6 nitrogen and oxygen atoms in total. The Hall–Kier alpha value is -1.92. The molecular formula is C19H27N3O3. The van der Waals surface area contributed by atoms with Crippen molar-refractivity contribution in [2.75, 3.05) is 46.4 Å². The number of methoxy groups -OCH3 is 1. The van der Waals surface area contributed by atoms with E-state index in [1.54, 1.807) is 7.11 Å². The number of hydrogen-bond acceptors (Lipinski definition) is 4. The van der Waals surface area contributed by atoms with Crippen LogP contribution in [0.15, 0.2) is 30.3 Å². The zero-order chi connectivity index (χ0) is 17.7. The van der Waals surface area contributed by atoms with Crippen molar-refractivity contribution in [3.63, 3.8) is 0 Å². The molecule has 136 valence electrons. The summed E-state index contributed by atoms with van der Waals surface area (Å²) in [5.74, 6) is -0.136. The maximum atomic E-state index is 12.8. The second-order valence-corrected chi connectivity index (χ2v) is 6.88. The van der Waals surface area contributed by atoms with Gasteiger partial charge in [-0.2, -0.15) is 0 Å². The lowest BCUT2D eigenvalue weighted by molar-refractivity contribution is -0.145. The van der Waals surface area contributed by atoms with Crippen molar-refractivity contribution in [2.45, 2.75) is 19.4 Å². The molecule has 0 aromatic heterocycles. The van der Waals surface area contributed by atoms with E-state index in [9.17, 15) is 9.59 Å². The first kappa shape index (κ1) is 17.9. The number of hydrogen-bond donors (Lipinski definition) is 1. The molecule has 1 aromatic carbocycles. The van der Waals surface area contributed by atoms with Gasteiger partial charge in [-0.25, -0.2) is 0 Å². The molecule has 6 heteroatoms. The van der Waals surface area contributed by atoms with Gasteiger partial charge in [0, 0.05) is 46.4 Å². The Morgan fingerprint density at radius 2 is 1.80 bits per heavy atom. The van der Waals surface area contributed by atoms with Gasteiger partial charge in [0.15, 0.2) is 0 Å². The third-order valence-corrected chi connectivity index (χ3v) is 5.09. The van der Waals surface area contributed by atoms with Crippen molar-refractivity contribution in [1.29, 1.82) is 0 Å². The van der Waals surface area contributed by atoms with E-state index in [4.69, 9.17) is 4.74 Å². The second-order valence-electron chi connectivity index (χ2n) is 6.88. The molecule has 1 aliphatic carbocycles. The van der Waals surface area contributed by atoms with Crippen molar-refractivity contribution >= 4 is 11.8 Å². The molecule has 0 atom stereocenters. The Balaban J connectivity index is 1.49. The van der Waals surface area contributed by atoms with Crippen LogP contribution < -0.4 is 5.32 Å². The van der Waals surface area contributed by atoms with Crippen LogP contribution in [-0.2, 0) is 20.9 Å². The summed E-state index contributed by atoms with van der Waals surface area (Å²) in [4.78, 5) is 29.4. The summed E-state index contributed by atoms with van der Waals surface area (Å²) in [7, 11) is 1.60. The van der Waals surface area contributed by atoms with E-state index < -0.39 is 5.41 Å². The predicted molar refractivity (Wildman–Crippen MR) is 94.9 cm³/mol. The van der Waals surface area contributed by atoms with E-state index in [0.29, 0.717) is 39.1 Å². The SMILES string of the molecule is COCCNC(=O)C1(C(=O)N2CCN(Cc3ccccc3)CC2)CC1. The topological polar surface area (TPSA) is 61.9 Å². The highest BCUT2D eigenvalue weighted by Crippen LogP contribution is 2.47. The van der Waals surface area contributed by atoms with Gasteiger partial charge in [-0.1, -0.05) is 30.3 Å². The molecular weight excluding hydrogens is 318 g/mol. The van der Waals surface area contributed by atoms with Gasteiger partial charge < -0.3 is 15.0 Å². The quantitative estimate of drug-likeness (QED) is 0.588. The number of piperazine rings is 1. The Bertz CT molecular complexity index is 593. The van der Waals surface area contributed by atoms with Crippen LogP contribution in [0.4, 0.5) is 0 Å². The summed E-state index contributed by atoms with van der Waals surface area (Å²) in [6.45, 7) is 4.91. The summed E-state index contributed by atoms with van der Waals surface area (Å²) in [6.07, 6.45) is 1.32. The Morgan fingerprint density at radius 3 is 2.40 bits per heavy atom. The standard InChI is InChI=1S/C19H27N3O3/c1-25-14-9-20-17(23)19(7-8-19)18(24)22-12-10-21(11-13-22)15-16-5-3-2-4-6-16/h2-6H,7-15H2,1H3,(H,20,23). The fourth-order valence-corrected chi connectivity index (χ4v) is 3.35. The first-order chi connectivity index (χ1) is 12.2. The molecule has 2 aliphatic rings. The van der Waals surface area contributed by atoms with Gasteiger partial charge in [0.25, 0.3) is 0 Å². The van der Waals surface area contributed by atoms with Gasteiger partial charge in [-0.05, 0) is 18.4 Å². The maximum Gasteiger partial charge on any atom is 0.238 e. The zero-order valence-corrected chi connectivity index (χ0v) is 14.9. The summed E-state index contributed by atoms with van der Waals surface area (Å²) < 4.78 is 4.95. The van der Waals surface area contributed by atoms with Gasteiger partial charge in [-0.3, -0.25) is 14.5 Å². The second kappa shape index (κ2) is 7.97. The highest BCUT2D eigenvalue weighted by atomic mass is 16.5. The lowest BCUT2D eigenvalue weighted by Crippen LogP contribution is -2.53. The number of rotatable bonds is 7. The van der Waals surface area contributed by atoms with E-state index in [1.165, 1.54) is 5.56 Å². The molecule has 1 heterocycles. The highest BCUT2D eigenvalue weighted by Gasteiger charge is 2.57. The normalized spacial score (nSPS) is 19.5. The van der Waals surface area contributed by atoms with Crippen LogP contribution in [0, 0.1) is 5.41 Å². The van der Waals surface area contributed by atoms with Crippen molar-refractivity contribution < 1.29 is 14.3 Å². The summed E-state index contributed by atoms with van der Waals surface area (Å²) in [6, 6.07) is 10.4. The molecule has 1 aliphatic heterocycles. The van der Waals surface area contributed by atoms with E-state index in [-0.39, 0.29) is 11.8 Å². The highest BCUT2D eigenvalue weighted by molar-refractivity contribution is 6.07. The van der Waals surface area contributed by atoms with Crippen LogP contribution in [-0.4, -0.2) is 68.1 Å². The molecule has 2 amide bonds. The van der Waals surface area contributed by atoms with Crippen molar-refractivity contribution in [3.05, 3.63) is 35.9 Å². The number of amides is 2. The molecule has 0 bridgehead atoms. The number of nitrogens with zero attached hydrogens (tertiary/aromatic N) is 2. The van der Waals surface area contributed by atoms with Crippen LogP contribution in [0.25, 0.3) is 0 Å². The smallest absolute Gasteiger partial charge is 0.238 e. The molecule has 1 aromatic rings. The molecule has 0 unspecified atom stereocenters. The maximum absolute atomic E-state index is 12.8. The third kappa shape index (κ3) is 4.19. The van der Waals surface area contributed by atoms with Crippen molar-refractivity contribution in [1.82, 2.24) is 15.1 Å². The average Bonchev–Trinajstić information content (AvgIpc) is 3.45. The molecule has 1 saturated heterocycles. The Labute approximate surface area is 149 Å². The molecule has 0 spiro atoms. The molecule has 25 heavy (non-hydrogen) atoms. The number of benzene rings is 1. The van der Waals surface area contributed by atoms with E-state index in [0.717, 1.165) is 19.6 Å². The zero-order valence-electron chi connectivity index (χ0n) is 14.9. The summed E-state index contributed by atoms with van der Waals surface area (Å²) in [5.41, 5.74) is 0.480. The first-order valence-corrected chi connectivity index (χ1v) is 8.98. The van der Waals surface area contributed by atoms with Crippen LogP contribution in [0.1, 0.15) is 18.4 Å². The van der Waals surface area contributed by atoms with Gasteiger partial charge in [-0.15, -0.1) is 0 Å². The van der Waals surface area contributed by atoms with Crippen LogP contribution in [0.5, 0.6) is 0 Å². The number of carbonyl (C=O) groups is 2. The molecule has 1 saturated carbocycles. The van der Waals surface area contributed by atoms with Gasteiger partial charge >= 0.3 is 0 Å². The lowest BCUT2D eigenvalue weighted by Gasteiger charge is -2.36. The summed E-state index contributed by atoms with van der Waals surface area (Å²) >= 11 is 0. The average molecular weight is 345 g/mol. The monoisotopic (exact) mass is 345 g/mol. The van der Waals surface area contributed by atoms with Crippen molar-refractivity contribution in [3.8, 4) is 0 Å². The minimum atomic E-state index is -0.810. The Morgan fingerprint density at radius 1 is 1.12 bits per heavy atom. The van der Waals surface area contributed by atoms with Crippen LogP contribution in [0.3, 0.4) is 0 Å². The lowest BCUT2D eigenvalue weighted by atomic mass is 10.0. The third-order valence-electron chi connectivity index (χ3n) is 5.09. The Kier molecular flexibility index (Phi) is 5.71. The van der Waals surface area contributed by atoms with Gasteiger partial charge in [0.05, 0.1) is 6.61 Å². The molecule has 1 N–H and O–H groups in total. The number of ether oxygens (including phenoxy) is 1. The molecule has 0 radical (unpaired) electrons. The van der Waals surface area contributed by atoms with Crippen molar-refractivity contribution in [2.24, 2.45) is 5.41 Å². The van der Waals surface area contributed by atoms with Gasteiger partial charge in [0.2, 0.25) is 11.8 Å². The van der Waals surface area contributed by atoms with E-state index >= 15 is 0 Å². The van der Waals surface area contributed by atoms with Gasteiger partial charge in [0.1, 0.15) is 5.41 Å². The number of nitrogens with one attached hydrogen (secondary N) is 1. The fraction of sp³-hybridized carbons (Fsp3) is 0.579. The predicted octanol–water partition coefficient (Wildman–Crippen LogP) is 0.874.